The Bertz CT molecular complexity index is 509. The molecule has 2 unspecified atom stereocenters. The van der Waals surface area contributed by atoms with Crippen LogP contribution >= 0.6 is 11.3 Å². The van der Waals surface area contributed by atoms with Gasteiger partial charge < -0.3 is 10.1 Å². The van der Waals surface area contributed by atoms with Crippen LogP contribution in [0.2, 0.25) is 0 Å². The third kappa shape index (κ3) is 3.05. The number of hydrogen-bond donors (Lipinski definition) is 2. The molecule has 0 amide bonds. The second kappa shape index (κ2) is 5.86. The van der Waals surface area contributed by atoms with E-state index in [1.807, 2.05) is 6.20 Å². The Morgan fingerprint density at radius 3 is 3.32 bits per heavy atom. The predicted octanol–water partition coefficient (Wildman–Crippen LogP) is 2.80. The van der Waals surface area contributed by atoms with E-state index >= 15 is 0 Å². The quantitative estimate of drug-likeness (QED) is 0.903. The summed E-state index contributed by atoms with van der Waals surface area (Å²) >= 11 is 1.74. The van der Waals surface area contributed by atoms with Gasteiger partial charge in [0.15, 0.2) is 0 Å². The van der Waals surface area contributed by atoms with Gasteiger partial charge in [-0.3, -0.25) is 5.10 Å². The van der Waals surface area contributed by atoms with Gasteiger partial charge in [0.2, 0.25) is 0 Å². The molecule has 19 heavy (non-hydrogen) atoms. The summed E-state index contributed by atoms with van der Waals surface area (Å²) in [5.74, 6) is 0. The number of hydrogen-bond acceptors (Lipinski definition) is 4. The van der Waals surface area contributed by atoms with Gasteiger partial charge >= 0.3 is 0 Å². The van der Waals surface area contributed by atoms with Crippen molar-refractivity contribution >= 4 is 11.3 Å². The standard InChI is InChI=1S/C14H19N3OS/c1-10-7-12(4-5-18-10)15-8-11-9-16-17-14(11)13-3-2-6-19-13/h2-3,6,9-10,12,15H,4-5,7-8H2,1H3,(H,16,17). The van der Waals surface area contributed by atoms with Crippen LogP contribution in [0.3, 0.4) is 0 Å². The van der Waals surface area contributed by atoms with Gasteiger partial charge in [0.05, 0.1) is 22.9 Å². The van der Waals surface area contributed by atoms with Gasteiger partial charge in [0, 0.05) is 24.8 Å². The molecule has 102 valence electrons. The molecule has 1 aliphatic heterocycles. The van der Waals surface area contributed by atoms with Gasteiger partial charge in [-0.2, -0.15) is 5.10 Å². The summed E-state index contributed by atoms with van der Waals surface area (Å²) in [5.41, 5.74) is 2.38. The molecule has 2 aromatic heterocycles. The fourth-order valence-electron chi connectivity index (χ4n) is 2.52. The van der Waals surface area contributed by atoms with Crippen molar-refractivity contribution in [2.24, 2.45) is 0 Å². The summed E-state index contributed by atoms with van der Waals surface area (Å²) in [6, 6.07) is 4.74. The first-order valence-corrected chi connectivity index (χ1v) is 7.62. The summed E-state index contributed by atoms with van der Waals surface area (Å²) in [6.45, 7) is 3.87. The van der Waals surface area contributed by atoms with Gasteiger partial charge in [-0.25, -0.2) is 0 Å². The van der Waals surface area contributed by atoms with Crippen molar-refractivity contribution in [3.8, 4) is 10.6 Å². The number of aromatic nitrogens is 2. The molecule has 0 bridgehead atoms. The normalized spacial score (nSPS) is 23.6. The maximum absolute atomic E-state index is 5.57. The molecule has 0 saturated carbocycles. The monoisotopic (exact) mass is 277 g/mol. The lowest BCUT2D eigenvalue weighted by Gasteiger charge is -2.28. The number of aromatic amines is 1. The smallest absolute Gasteiger partial charge is 0.0794 e. The zero-order valence-electron chi connectivity index (χ0n) is 11.1. The average molecular weight is 277 g/mol. The molecule has 2 N–H and O–H groups in total. The molecule has 0 aromatic carbocycles. The van der Waals surface area contributed by atoms with E-state index in [1.165, 1.54) is 10.4 Å². The van der Waals surface area contributed by atoms with Gasteiger partial charge in [-0.15, -0.1) is 11.3 Å². The highest BCUT2D eigenvalue weighted by Gasteiger charge is 2.19. The Kier molecular flexibility index (Phi) is 3.96. The highest BCUT2D eigenvalue weighted by Crippen LogP contribution is 2.26. The molecule has 0 spiro atoms. The number of H-pyrrole nitrogens is 1. The van der Waals surface area contributed by atoms with Crippen molar-refractivity contribution in [2.45, 2.75) is 38.5 Å². The summed E-state index contributed by atoms with van der Waals surface area (Å²) in [4.78, 5) is 1.25. The van der Waals surface area contributed by atoms with Gasteiger partial charge in [0.25, 0.3) is 0 Å². The molecule has 4 nitrogen and oxygen atoms in total. The molecular weight excluding hydrogens is 258 g/mol. The van der Waals surface area contributed by atoms with E-state index in [0.717, 1.165) is 31.7 Å². The van der Waals surface area contributed by atoms with E-state index in [4.69, 9.17) is 4.74 Å². The Morgan fingerprint density at radius 2 is 2.53 bits per heavy atom. The summed E-state index contributed by atoms with van der Waals surface area (Å²) in [5, 5.41) is 13.0. The summed E-state index contributed by atoms with van der Waals surface area (Å²) < 4.78 is 5.57. The average Bonchev–Trinajstić information content (AvgIpc) is 3.07. The van der Waals surface area contributed by atoms with Crippen LogP contribution in [0.5, 0.6) is 0 Å². The number of thiophene rings is 1. The van der Waals surface area contributed by atoms with Crippen molar-refractivity contribution in [1.82, 2.24) is 15.5 Å². The van der Waals surface area contributed by atoms with Crippen molar-refractivity contribution in [1.29, 1.82) is 0 Å². The minimum Gasteiger partial charge on any atom is -0.378 e. The van der Waals surface area contributed by atoms with Gasteiger partial charge in [-0.1, -0.05) is 6.07 Å². The Morgan fingerprint density at radius 1 is 1.58 bits per heavy atom. The van der Waals surface area contributed by atoms with E-state index in [-0.39, 0.29) is 0 Å². The van der Waals surface area contributed by atoms with E-state index in [1.54, 1.807) is 11.3 Å². The lowest BCUT2D eigenvalue weighted by molar-refractivity contribution is 0.0130. The van der Waals surface area contributed by atoms with Crippen molar-refractivity contribution in [3.63, 3.8) is 0 Å². The van der Waals surface area contributed by atoms with Crippen LogP contribution < -0.4 is 5.32 Å². The highest BCUT2D eigenvalue weighted by molar-refractivity contribution is 7.13. The molecule has 1 saturated heterocycles. The van der Waals surface area contributed by atoms with E-state index in [9.17, 15) is 0 Å². The summed E-state index contributed by atoms with van der Waals surface area (Å²) in [7, 11) is 0. The molecule has 1 aliphatic rings. The lowest BCUT2D eigenvalue weighted by atomic mass is 10.0. The van der Waals surface area contributed by atoms with Crippen LogP contribution in [0.25, 0.3) is 10.6 Å². The van der Waals surface area contributed by atoms with E-state index < -0.39 is 0 Å². The number of nitrogens with zero attached hydrogens (tertiary/aromatic N) is 1. The third-order valence-electron chi connectivity index (χ3n) is 3.55. The first-order chi connectivity index (χ1) is 9.33. The van der Waals surface area contributed by atoms with Crippen LogP contribution in [0, 0.1) is 0 Å². The Hall–Kier alpha value is -1.17. The van der Waals surface area contributed by atoms with Crippen LogP contribution in [-0.2, 0) is 11.3 Å². The largest absolute Gasteiger partial charge is 0.378 e. The minimum atomic E-state index is 0.368. The maximum atomic E-state index is 5.57. The molecule has 2 atom stereocenters. The molecule has 1 fully saturated rings. The molecule has 0 aliphatic carbocycles. The molecule has 5 heteroatoms. The van der Waals surface area contributed by atoms with Gasteiger partial charge in [-0.05, 0) is 31.2 Å². The molecule has 0 radical (unpaired) electrons. The molecule has 3 heterocycles. The predicted molar refractivity (Wildman–Crippen MR) is 77.2 cm³/mol. The fourth-order valence-corrected chi connectivity index (χ4v) is 3.27. The molecule has 3 rings (SSSR count). The van der Waals surface area contributed by atoms with Crippen molar-refractivity contribution in [3.05, 3.63) is 29.3 Å². The number of nitrogens with one attached hydrogen (secondary N) is 2. The number of ether oxygens (including phenoxy) is 1. The van der Waals surface area contributed by atoms with Crippen LogP contribution in [-0.4, -0.2) is 29.0 Å². The molecular formula is C14H19N3OS. The highest BCUT2D eigenvalue weighted by atomic mass is 32.1. The zero-order valence-corrected chi connectivity index (χ0v) is 11.9. The second-order valence-corrected chi connectivity index (χ2v) is 5.98. The van der Waals surface area contributed by atoms with Crippen molar-refractivity contribution < 1.29 is 4.74 Å². The third-order valence-corrected chi connectivity index (χ3v) is 4.44. The van der Waals surface area contributed by atoms with Crippen LogP contribution in [0.15, 0.2) is 23.7 Å². The van der Waals surface area contributed by atoms with Crippen LogP contribution in [0.1, 0.15) is 25.3 Å². The minimum absolute atomic E-state index is 0.368. The topological polar surface area (TPSA) is 49.9 Å². The first-order valence-electron chi connectivity index (χ1n) is 6.74. The number of rotatable bonds is 4. The van der Waals surface area contributed by atoms with Crippen molar-refractivity contribution in [2.75, 3.05) is 6.61 Å². The Labute approximate surface area is 117 Å². The summed E-state index contributed by atoms with van der Waals surface area (Å²) in [6.07, 6.45) is 4.47. The first kappa shape index (κ1) is 12.8. The maximum Gasteiger partial charge on any atom is 0.0794 e. The second-order valence-electron chi connectivity index (χ2n) is 5.03. The van der Waals surface area contributed by atoms with E-state index in [0.29, 0.717) is 12.1 Å². The lowest BCUT2D eigenvalue weighted by Crippen LogP contribution is -2.37. The SMILES string of the molecule is CC1CC(NCc2cn[nH]c2-c2cccs2)CCO1. The fraction of sp³-hybridized carbons (Fsp3) is 0.500. The molecule has 2 aromatic rings. The van der Waals surface area contributed by atoms with E-state index in [2.05, 4.69) is 40.0 Å². The zero-order chi connectivity index (χ0) is 13.1. The van der Waals surface area contributed by atoms with Crippen LogP contribution in [0.4, 0.5) is 0 Å². The Balaban J connectivity index is 1.63. The van der Waals surface area contributed by atoms with Gasteiger partial charge in [0.1, 0.15) is 0 Å².